The molecule has 0 atom stereocenters. The maximum Gasteiger partial charge on any atom is 0.255 e. The Kier molecular flexibility index (Phi) is 5.06. The van der Waals surface area contributed by atoms with Crippen molar-refractivity contribution in [2.75, 3.05) is 16.8 Å². The van der Waals surface area contributed by atoms with Gasteiger partial charge in [-0.05, 0) is 41.8 Å². The Morgan fingerprint density at radius 1 is 1.08 bits per heavy atom. The first kappa shape index (κ1) is 17.5. The number of rotatable bonds is 3. The standard InChI is InChI=1S/C19H19N3O2.ClH/c23-18-6-3-9-22(18)17-5-2-1-4-16(17)21-19(24)13-7-8-14-11-20-12-15(14)10-13;/h1-2,4-5,7-8,10,20H,3,6,9,11-12H2,(H,21,24);1H. The summed E-state index contributed by atoms with van der Waals surface area (Å²) in [6, 6.07) is 13.3. The van der Waals surface area contributed by atoms with E-state index in [1.165, 1.54) is 11.1 Å². The zero-order valence-corrected chi connectivity index (χ0v) is 14.6. The fourth-order valence-electron chi connectivity index (χ4n) is 3.35. The summed E-state index contributed by atoms with van der Waals surface area (Å²) in [7, 11) is 0. The van der Waals surface area contributed by atoms with Crippen molar-refractivity contribution in [3.05, 3.63) is 59.2 Å². The summed E-state index contributed by atoms with van der Waals surface area (Å²) >= 11 is 0. The van der Waals surface area contributed by atoms with E-state index in [1.54, 1.807) is 4.90 Å². The smallest absolute Gasteiger partial charge is 0.255 e. The van der Waals surface area contributed by atoms with Gasteiger partial charge in [-0.15, -0.1) is 12.4 Å². The second-order valence-electron chi connectivity index (χ2n) is 6.21. The summed E-state index contributed by atoms with van der Waals surface area (Å²) in [5, 5.41) is 6.24. The monoisotopic (exact) mass is 357 g/mol. The molecule has 2 N–H and O–H groups in total. The van der Waals surface area contributed by atoms with E-state index < -0.39 is 0 Å². The fourth-order valence-corrected chi connectivity index (χ4v) is 3.35. The maximum atomic E-state index is 12.6. The van der Waals surface area contributed by atoms with Crippen LogP contribution in [0.1, 0.15) is 34.3 Å². The number of carbonyl (C=O) groups is 2. The molecule has 0 aromatic heterocycles. The molecule has 2 aliphatic heterocycles. The summed E-state index contributed by atoms with van der Waals surface area (Å²) in [6.45, 7) is 2.36. The van der Waals surface area contributed by atoms with Gasteiger partial charge < -0.3 is 15.5 Å². The number of hydrogen-bond donors (Lipinski definition) is 2. The topological polar surface area (TPSA) is 61.4 Å². The number of nitrogens with one attached hydrogen (secondary N) is 2. The molecule has 0 spiro atoms. The Morgan fingerprint density at radius 2 is 1.88 bits per heavy atom. The van der Waals surface area contributed by atoms with Gasteiger partial charge in [-0.3, -0.25) is 9.59 Å². The minimum absolute atomic E-state index is 0. The molecule has 6 heteroatoms. The van der Waals surface area contributed by atoms with Crippen molar-refractivity contribution in [2.45, 2.75) is 25.9 Å². The van der Waals surface area contributed by atoms with Gasteiger partial charge in [0.05, 0.1) is 11.4 Å². The molecular weight excluding hydrogens is 338 g/mol. The Labute approximate surface area is 152 Å². The molecule has 0 unspecified atom stereocenters. The molecule has 1 fully saturated rings. The predicted molar refractivity (Wildman–Crippen MR) is 100 cm³/mol. The number of amides is 2. The van der Waals surface area contributed by atoms with Crippen molar-refractivity contribution in [3.63, 3.8) is 0 Å². The van der Waals surface area contributed by atoms with Crippen molar-refractivity contribution in [3.8, 4) is 0 Å². The summed E-state index contributed by atoms with van der Waals surface area (Å²) in [5.41, 5.74) is 4.51. The number of fused-ring (bicyclic) bond motifs is 1. The van der Waals surface area contributed by atoms with Crippen LogP contribution in [0.2, 0.25) is 0 Å². The lowest BCUT2D eigenvalue weighted by Crippen LogP contribution is -2.25. The van der Waals surface area contributed by atoms with Gasteiger partial charge >= 0.3 is 0 Å². The van der Waals surface area contributed by atoms with Gasteiger partial charge in [0.15, 0.2) is 0 Å². The lowest BCUT2D eigenvalue weighted by Gasteiger charge is -2.20. The van der Waals surface area contributed by atoms with Gasteiger partial charge in [-0.2, -0.15) is 0 Å². The number of para-hydroxylation sites is 2. The normalized spacial score (nSPS) is 15.7. The van der Waals surface area contributed by atoms with Crippen LogP contribution in [0, 0.1) is 0 Å². The van der Waals surface area contributed by atoms with Crippen molar-refractivity contribution < 1.29 is 9.59 Å². The average molecular weight is 358 g/mol. The van der Waals surface area contributed by atoms with E-state index in [1.807, 2.05) is 42.5 Å². The van der Waals surface area contributed by atoms with Crippen LogP contribution in [-0.2, 0) is 17.9 Å². The first-order valence-corrected chi connectivity index (χ1v) is 8.25. The highest BCUT2D eigenvalue weighted by Gasteiger charge is 2.24. The van der Waals surface area contributed by atoms with Crippen molar-refractivity contribution >= 4 is 35.6 Å². The van der Waals surface area contributed by atoms with E-state index in [4.69, 9.17) is 0 Å². The van der Waals surface area contributed by atoms with Gasteiger partial charge in [0.2, 0.25) is 5.91 Å². The molecule has 2 aliphatic rings. The molecule has 25 heavy (non-hydrogen) atoms. The first-order valence-electron chi connectivity index (χ1n) is 8.25. The van der Waals surface area contributed by atoms with E-state index in [2.05, 4.69) is 10.6 Å². The third-order valence-electron chi connectivity index (χ3n) is 4.62. The molecule has 2 aromatic carbocycles. The van der Waals surface area contributed by atoms with E-state index >= 15 is 0 Å². The number of anilines is 2. The minimum Gasteiger partial charge on any atom is -0.320 e. The van der Waals surface area contributed by atoms with Gasteiger partial charge in [-0.1, -0.05) is 18.2 Å². The summed E-state index contributed by atoms with van der Waals surface area (Å²) < 4.78 is 0. The minimum atomic E-state index is -0.149. The predicted octanol–water partition coefficient (Wildman–Crippen LogP) is 3.09. The van der Waals surface area contributed by atoms with Crippen LogP contribution in [0.4, 0.5) is 11.4 Å². The molecule has 0 aliphatic carbocycles. The van der Waals surface area contributed by atoms with Crippen molar-refractivity contribution in [1.29, 1.82) is 0 Å². The molecule has 2 heterocycles. The Balaban J connectivity index is 0.00000182. The summed E-state index contributed by atoms with van der Waals surface area (Å²) in [6.07, 6.45) is 1.43. The van der Waals surface area contributed by atoms with Crippen LogP contribution in [0.5, 0.6) is 0 Å². The number of carbonyl (C=O) groups excluding carboxylic acids is 2. The number of halogens is 1. The third-order valence-corrected chi connectivity index (χ3v) is 4.62. The van der Waals surface area contributed by atoms with Crippen LogP contribution in [0.25, 0.3) is 0 Å². The Morgan fingerprint density at radius 3 is 2.68 bits per heavy atom. The SMILES string of the molecule is Cl.O=C(Nc1ccccc1N1CCCC1=O)c1ccc2c(c1)CNC2. The molecule has 2 amide bonds. The highest BCUT2D eigenvalue weighted by Crippen LogP contribution is 2.30. The lowest BCUT2D eigenvalue weighted by atomic mass is 10.1. The summed E-state index contributed by atoms with van der Waals surface area (Å²) in [5.74, 6) is -0.0379. The van der Waals surface area contributed by atoms with Gasteiger partial charge in [0.25, 0.3) is 5.91 Å². The maximum absolute atomic E-state index is 12.6. The Hall–Kier alpha value is -2.37. The lowest BCUT2D eigenvalue weighted by molar-refractivity contribution is -0.117. The number of hydrogen-bond acceptors (Lipinski definition) is 3. The first-order chi connectivity index (χ1) is 11.7. The van der Waals surface area contributed by atoms with Gasteiger partial charge in [-0.25, -0.2) is 0 Å². The molecule has 2 aromatic rings. The van der Waals surface area contributed by atoms with Crippen LogP contribution >= 0.6 is 12.4 Å². The summed E-state index contributed by atoms with van der Waals surface area (Å²) in [4.78, 5) is 26.4. The van der Waals surface area contributed by atoms with E-state index in [0.717, 1.165) is 25.2 Å². The largest absolute Gasteiger partial charge is 0.320 e. The molecule has 0 saturated carbocycles. The Bertz CT molecular complexity index is 822. The van der Waals surface area contributed by atoms with Crippen LogP contribution in [0.3, 0.4) is 0 Å². The molecule has 0 radical (unpaired) electrons. The highest BCUT2D eigenvalue weighted by atomic mass is 35.5. The molecular formula is C19H20ClN3O2. The second-order valence-corrected chi connectivity index (χ2v) is 6.21. The van der Waals surface area contributed by atoms with E-state index in [0.29, 0.717) is 24.2 Å². The van der Waals surface area contributed by atoms with Crippen molar-refractivity contribution in [1.82, 2.24) is 5.32 Å². The third kappa shape index (κ3) is 3.38. The highest BCUT2D eigenvalue weighted by molar-refractivity contribution is 6.08. The van der Waals surface area contributed by atoms with Crippen LogP contribution < -0.4 is 15.5 Å². The molecule has 4 rings (SSSR count). The van der Waals surface area contributed by atoms with Gasteiger partial charge in [0.1, 0.15) is 0 Å². The van der Waals surface area contributed by atoms with Crippen LogP contribution in [0.15, 0.2) is 42.5 Å². The fraction of sp³-hybridized carbons (Fsp3) is 0.263. The molecule has 0 bridgehead atoms. The average Bonchev–Trinajstić information content (AvgIpc) is 3.23. The number of nitrogens with zero attached hydrogens (tertiary/aromatic N) is 1. The number of benzene rings is 2. The van der Waals surface area contributed by atoms with Gasteiger partial charge in [0, 0.05) is 31.6 Å². The molecule has 130 valence electrons. The van der Waals surface area contributed by atoms with Crippen molar-refractivity contribution in [2.24, 2.45) is 0 Å². The van der Waals surface area contributed by atoms with E-state index in [-0.39, 0.29) is 24.2 Å². The second kappa shape index (κ2) is 7.25. The van der Waals surface area contributed by atoms with Crippen LogP contribution in [-0.4, -0.2) is 18.4 Å². The van der Waals surface area contributed by atoms with E-state index in [9.17, 15) is 9.59 Å². The zero-order valence-electron chi connectivity index (χ0n) is 13.7. The molecule has 5 nitrogen and oxygen atoms in total. The molecule has 1 saturated heterocycles. The quantitative estimate of drug-likeness (QED) is 0.887. The zero-order chi connectivity index (χ0) is 16.5.